The second-order valence-electron chi connectivity index (χ2n) is 5.47. The van der Waals surface area contributed by atoms with Gasteiger partial charge in [-0.1, -0.05) is 13.3 Å². The topological polar surface area (TPSA) is 29.5 Å². The summed E-state index contributed by atoms with van der Waals surface area (Å²) in [5.41, 5.74) is -0.887. The van der Waals surface area contributed by atoms with Crippen LogP contribution in [0, 0.1) is 5.41 Å². The van der Waals surface area contributed by atoms with E-state index in [1.54, 1.807) is 0 Å². The monoisotopic (exact) mass is 243 g/mol. The number of hydrogen-bond acceptors (Lipinski definition) is 3. The second-order valence-corrected chi connectivity index (χ2v) is 5.47. The van der Waals surface area contributed by atoms with Gasteiger partial charge >= 0.3 is 5.97 Å². The quantitative estimate of drug-likeness (QED) is 0.711. The highest BCUT2D eigenvalue weighted by atomic mass is 19.1. The third kappa shape index (κ3) is 1.77. The van der Waals surface area contributed by atoms with Crippen molar-refractivity contribution in [2.75, 3.05) is 14.2 Å². The van der Waals surface area contributed by atoms with E-state index in [0.717, 1.165) is 19.3 Å². The summed E-state index contributed by atoms with van der Waals surface area (Å²) < 4.78 is 19.6. The molecule has 98 valence electrons. The smallest absolute Gasteiger partial charge is 0.314 e. The summed E-state index contributed by atoms with van der Waals surface area (Å²) in [5.74, 6) is -0.350. The minimum atomic E-state index is -1.08. The molecule has 0 aromatic carbocycles. The maximum absolute atomic E-state index is 14.7. The zero-order chi connectivity index (χ0) is 12.6. The lowest BCUT2D eigenvalue weighted by atomic mass is 9.70. The third-order valence-corrected chi connectivity index (χ3v) is 4.65. The molecule has 2 aliphatic heterocycles. The number of fused-ring (bicyclic) bond motifs is 2. The molecule has 2 saturated heterocycles. The van der Waals surface area contributed by atoms with Crippen molar-refractivity contribution in [2.45, 2.75) is 57.3 Å². The summed E-state index contributed by atoms with van der Waals surface area (Å²) in [7, 11) is 3.34. The summed E-state index contributed by atoms with van der Waals surface area (Å²) >= 11 is 0. The van der Waals surface area contributed by atoms with E-state index in [4.69, 9.17) is 4.74 Å². The number of esters is 1. The Bertz CT molecular complexity index is 310. The summed E-state index contributed by atoms with van der Waals surface area (Å²) in [6, 6.07) is 0.247. The molecule has 2 rings (SSSR count). The highest BCUT2D eigenvalue weighted by Crippen LogP contribution is 2.49. The van der Waals surface area contributed by atoms with Crippen molar-refractivity contribution >= 4 is 5.97 Å². The molecule has 0 N–H and O–H groups in total. The van der Waals surface area contributed by atoms with Gasteiger partial charge in [0.15, 0.2) is 0 Å². The number of carbonyl (C=O) groups excluding carboxylic acids is 1. The average molecular weight is 243 g/mol. The Hall–Kier alpha value is -0.640. The van der Waals surface area contributed by atoms with Crippen LogP contribution >= 0.6 is 0 Å². The van der Waals surface area contributed by atoms with Gasteiger partial charge in [-0.3, -0.25) is 9.69 Å². The minimum absolute atomic E-state index is 0.0978. The van der Waals surface area contributed by atoms with Crippen LogP contribution in [0.5, 0.6) is 0 Å². The van der Waals surface area contributed by atoms with Crippen molar-refractivity contribution in [3.63, 3.8) is 0 Å². The fraction of sp³-hybridized carbons (Fsp3) is 0.923. The van der Waals surface area contributed by atoms with Gasteiger partial charge in [-0.25, -0.2) is 4.39 Å². The second kappa shape index (κ2) is 4.56. The van der Waals surface area contributed by atoms with Crippen LogP contribution in [-0.4, -0.2) is 43.3 Å². The van der Waals surface area contributed by atoms with E-state index in [9.17, 15) is 9.18 Å². The molecule has 4 unspecified atom stereocenters. The summed E-state index contributed by atoms with van der Waals surface area (Å²) in [6.45, 7) is 2.00. The molecule has 0 aromatic rings. The first-order valence-electron chi connectivity index (χ1n) is 6.51. The van der Waals surface area contributed by atoms with Crippen LogP contribution in [0.3, 0.4) is 0 Å². The van der Waals surface area contributed by atoms with Crippen LogP contribution < -0.4 is 0 Å². The molecule has 2 fully saturated rings. The molecule has 0 saturated carbocycles. The Morgan fingerprint density at radius 2 is 2.24 bits per heavy atom. The maximum Gasteiger partial charge on any atom is 0.314 e. The Balaban J connectivity index is 2.31. The van der Waals surface area contributed by atoms with E-state index in [0.29, 0.717) is 18.9 Å². The van der Waals surface area contributed by atoms with Crippen molar-refractivity contribution in [1.82, 2.24) is 4.90 Å². The Labute approximate surface area is 102 Å². The number of carbonyl (C=O) groups is 1. The predicted molar refractivity (Wildman–Crippen MR) is 63.4 cm³/mol. The fourth-order valence-electron chi connectivity index (χ4n) is 3.73. The average Bonchev–Trinajstić information content (AvgIpc) is 2.59. The van der Waals surface area contributed by atoms with Gasteiger partial charge in [0.1, 0.15) is 11.6 Å². The number of rotatable bonds is 3. The lowest BCUT2D eigenvalue weighted by Crippen LogP contribution is -2.57. The van der Waals surface area contributed by atoms with Gasteiger partial charge in [0.05, 0.1) is 7.11 Å². The van der Waals surface area contributed by atoms with Crippen molar-refractivity contribution in [2.24, 2.45) is 5.41 Å². The molecular formula is C13H22FNO2. The number of nitrogens with zero attached hydrogens (tertiary/aromatic N) is 1. The third-order valence-electron chi connectivity index (χ3n) is 4.65. The number of piperidine rings is 1. The standard InChI is InChI=1S/C13H22FNO2/c1-4-7-13(12(16)17-3)8-9-5-6-10(11(13)14)15(9)2/h9-11H,4-8H2,1-3H3. The number of alkyl halides is 1. The van der Waals surface area contributed by atoms with Crippen LogP contribution in [0.4, 0.5) is 4.39 Å². The summed E-state index contributed by atoms with van der Waals surface area (Å²) in [5, 5.41) is 0. The SMILES string of the molecule is CCCC1(C(=O)OC)CC2CCC(C1F)N2C. The van der Waals surface area contributed by atoms with Crippen molar-refractivity contribution in [3.8, 4) is 0 Å². The van der Waals surface area contributed by atoms with E-state index in [-0.39, 0.29) is 12.0 Å². The molecule has 17 heavy (non-hydrogen) atoms. The van der Waals surface area contributed by atoms with Crippen molar-refractivity contribution < 1.29 is 13.9 Å². The first-order valence-corrected chi connectivity index (χ1v) is 6.51. The number of hydrogen-bond donors (Lipinski definition) is 0. The van der Waals surface area contributed by atoms with E-state index >= 15 is 0 Å². The van der Waals surface area contributed by atoms with Gasteiger partial charge in [0.2, 0.25) is 0 Å². The molecule has 2 bridgehead atoms. The van der Waals surface area contributed by atoms with E-state index in [1.807, 2.05) is 14.0 Å². The number of methoxy groups -OCH3 is 1. The predicted octanol–water partition coefficient (Wildman–Crippen LogP) is 2.15. The molecule has 3 nitrogen and oxygen atoms in total. The highest BCUT2D eigenvalue weighted by molar-refractivity contribution is 5.78. The van der Waals surface area contributed by atoms with Gasteiger partial charge in [0, 0.05) is 12.1 Å². The molecule has 4 atom stereocenters. The molecule has 2 heterocycles. The van der Waals surface area contributed by atoms with Gasteiger partial charge in [0.25, 0.3) is 0 Å². The highest BCUT2D eigenvalue weighted by Gasteiger charge is 2.58. The fourth-order valence-corrected chi connectivity index (χ4v) is 3.73. The lowest BCUT2D eigenvalue weighted by Gasteiger charge is -2.45. The molecule has 2 aliphatic rings. The van der Waals surface area contributed by atoms with E-state index < -0.39 is 11.6 Å². The molecule has 0 radical (unpaired) electrons. The van der Waals surface area contributed by atoms with Gasteiger partial charge in [-0.05, 0) is 32.7 Å². The lowest BCUT2D eigenvalue weighted by molar-refractivity contribution is -0.166. The molecule has 0 spiro atoms. The van der Waals surface area contributed by atoms with Gasteiger partial charge < -0.3 is 4.74 Å². The molecule has 4 heteroatoms. The zero-order valence-corrected chi connectivity index (χ0v) is 10.9. The van der Waals surface area contributed by atoms with Crippen LogP contribution in [-0.2, 0) is 9.53 Å². The van der Waals surface area contributed by atoms with Crippen LogP contribution in [0.15, 0.2) is 0 Å². The number of halogens is 1. The summed E-state index contributed by atoms with van der Waals surface area (Å²) in [6.07, 6.45) is 2.82. The van der Waals surface area contributed by atoms with Gasteiger partial charge in [-0.15, -0.1) is 0 Å². The van der Waals surface area contributed by atoms with Crippen LogP contribution in [0.2, 0.25) is 0 Å². The molecule has 0 amide bonds. The molecule has 0 aromatic heterocycles. The molecular weight excluding hydrogens is 221 g/mol. The normalized spacial score (nSPS) is 41.5. The minimum Gasteiger partial charge on any atom is -0.469 e. The van der Waals surface area contributed by atoms with Crippen LogP contribution in [0.1, 0.15) is 39.0 Å². The Morgan fingerprint density at radius 1 is 1.53 bits per heavy atom. The largest absolute Gasteiger partial charge is 0.469 e. The first-order chi connectivity index (χ1) is 8.06. The van der Waals surface area contributed by atoms with E-state index in [2.05, 4.69) is 4.90 Å². The van der Waals surface area contributed by atoms with Crippen molar-refractivity contribution in [1.29, 1.82) is 0 Å². The zero-order valence-electron chi connectivity index (χ0n) is 10.9. The Morgan fingerprint density at radius 3 is 2.82 bits per heavy atom. The van der Waals surface area contributed by atoms with Crippen LogP contribution in [0.25, 0.3) is 0 Å². The van der Waals surface area contributed by atoms with Crippen molar-refractivity contribution in [3.05, 3.63) is 0 Å². The Kier molecular flexibility index (Phi) is 3.43. The summed E-state index contributed by atoms with van der Waals surface area (Å²) in [4.78, 5) is 14.1. The number of ether oxygens (including phenoxy) is 1. The van der Waals surface area contributed by atoms with Gasteiger partial charge in [-0.2, -0.15) is 0 Å². The van der Waals surface area contributed by atoms with E-state index in [1.165, 1.54) is 7.11 Å². The first kappa shape index (κ1) is 12.8. The molecule has 0 aliphatic carbocycles. The maximum atomic E-state index is 14.7.